The van der Waals surface area contributed by atoms with Gasteiger partial charge in [-0.2, -0.15) is 4.98 Å². The van der Waals surface area contributed by atoms with E-state index in [9.17, 15) is 4.79 Å². The van der Waals surface area contributed by atoms with E-state index in [1.54, 1.807) is 7.05 Å². The maximum atomic E-state index is 11.6. The molecule has 0 aliphatic heterocycles. The van der Waals surface area contributed by atoms with Gasteiger partial charge in [0.05, 0.1) is 6.67 Å². The van der Waals surface area contributed by atoms with Crippen LogP contribution in [0.3, 0.4) is 0 Å². The van der Waals surface area contributed by atoms with Crippen LogP contribution in [-0.2, 0) is 19.6 Å². The number of rotatable bonds is 7. The molecular weight excluding hydrogens is 370 g/mol. The van der Waals surface area contributed by atoms with Crippen LogP contribution in [0.1, 0.15) is 28.4 Å². The quantitative estimate of drug-likeness (QED) is 0.600. The summed E-state index contributed by atoms with van der Waals surface area (Å²) in [5, 5.41) is 5.92. The Bertz CT molecular complexity index is 989. The first-order valence-electron chi connectivity index (χ1n) is 9.26. The van der Waals surface area contributed by atoms with Crippen molar-refractivity contribution in [2.24, 2.45) is 0 Å². The number of H-pyrrole nitrogens is 1. The zero-order valence-corrected chi connectivity index (χ0v) is 17.2. The van der Waals surface area contributed by atoms with Gasteiger partial charge in [-0.3, -0.25) is 14.8 Å². The number of hydrogen-bond donors (Lipinski definition) is 2. The number of nitrogens with zero attached hydrogens (tertiary/aromatic N) is 3. The number of benzene rings is 2. The molecule has 0 unspecified atom stereocenters. The highest BCUT2D eigenvalue weighted by Gasteiger charge is 2.08. The molecule has 0 bridgehead atoms. The van der Waals surface area contributed by atoms with Crippen LogP contribution in [-0.4, -0.2) is 39.7 Å². The van der Waals surface area contributed by atoms with Gasteiger partial charge >= 0.3 is 0 Å². The smallest absolute Gasteiger partial charge is 0.251 e. The lowest BCUT2D eigenvalue weighted by atomic mass is 10.1. The van der Waals surface area contributed by atoms with E-state index in [0.29, 0.717) is 17.0 Å². The predicted octanol–water partition coefficient (Wildman–Crippen LogP) is 3.62. The van der Waals surface area contributed by atoms with Crippen molar-refractivity contribution < 1.29 is 4.79 Å². The maximum absolute atomic E-state index is 11.6. The summed E-state index contributed by atoms with van der Waals surface area (Å²) in [6.45, 7) is 3.46. The average molecular weight is 396 g/mol. The van der Waals surface area contributed by atoms with Crippen LogP contribution in [0.4, 0.5) is 0 Å². The lowest BCUT2D eigenvalue weighted by molar-refractivity contribution is 0.0963. The Morgan fingerprint density at radius 1 is 1.14 bits per heavy atom. The topological polar surface area (TPSA) is 66.0 Å². The third-order valence-electron chi connectivity index (χ3n) is 4.59. The Kier molecular flexibility index (Phi) is 6.38. The molecule has 3 rings (SSSR count). The van der Waals surface area contributed by atoms with E-state index in [2.05, 4.69) is 51.5 Å². The Morgan fingerprint density at radius 2 is 1.79 bits per heavy atom. The molecule has 7 heteroatoms. The molecule has 0 aliphatic rings. The molecule has 0 saturated carbocycles. The Balaban J connectivity index is 1.67. The first-order chi connectivity index (χ1) is 13.5. The summed E-state index contributed by atoms with van der Waals surface area (Å²) in [6.07, 6.45) is 1.01. The monoisotopic (exact) mass is 395 g/mol. The van der Waals surface area contributed by atoms with Crippen LogP contribution in [0.2, 0.25) is 0 Å². The summed E-state index contributed by atoms with van der Waals surface area (Å²) in [5.74, 6) is 0.694. The number of carbonyl (C=O) groups excluding carboxylic acids is 1. The van der Waals surface area contributed by atoms with Gasteiger partial charge in [-0.25, -0.2) is 4.68 Å². The molecule has 0 radical (unpaired) electrons. The number of amides is 1. The van der Waals surface area contributed by atoms with Crippen molar-refractivity contribution in [1.29, 1.82) is 0 Å². The summed E-state index contributed by atoms with van der Waals surface area (Å²) >= 11 is 5.41. The Labute approximate surface area is 170 Å². The minimum Gasteiger partial charge on any atom is -0.355 e. The fourth-order valence-corrected chi connectivity index (χ4v) is 3.18. The summed E-state index contributed by atoms with van der Waals surface area (Å²) < 4.78 is 2.38. The fourth-order valence-electron chi connectivity index (χ4n) is 2.99. The second-order valence-electron chi connectivity index (χ2n) is 6.76. The van der Waals surface area contributed by atoms with Crippen LogP contribution in [0.25, 0.3) is 11.4 Å². The Hall–Kier alpha value is -2.77. The van der Waals surface area contributed by atoms with Gasteiger partial charge in [0.2, 0.25) is 4.77 Å². The molecule has 6 nitrogen and oxygen atoms in total. The van der Waals surface area contributed by atoms with Crippen LogP contribution < -0.4 is 5.32 Å². The Morgan fingerprint density at radius 3 is 2.39 bits per heavy atom. The summed E-state index contributed by atoms with van der Waals surface area (Å²) in [4.78, 5) is 18.3. The second kappa shape index (κ2) is 8.95. The molecular formula is C21H25N5OS. The SMILES string of the molecule is CCc1ccc(-c2nc(=S)n(CN(C)Cc3ccc(C(=O)NC)cc3)[nH]2)cc1. The molecule has 2 N–H and O–H groups in total. The van der Waals surface area contributed by atoms with E-state index in [0.717, 1.165) is 29.9 Å². The molecule has 146 valence electrons. The van der Waals surface area contributed by atoms with Gasteiger partial charge in [0.25, 0.3) is 5.91 Å². The largest absolute Gasteiger partial charge is 0.355 e. The summed E-state index contributed by atoms with van der Waals surface area (Å²) in [5.41, 5.74) is 4.10. The molecule has 0 atom stereocenters. The second-order valence-corrected chi connectivity index (χ2v) is 7.13. The fraction of sp³-hybridized carbons (Fsp3) is 0.286. The number of nitrogens with one attached hydrogen (secondary N) is 2. The van der Waals surface area contributed by atoms with Crippen molar-refractivity contribution in [2.75, 3.05) is 14.1 Å². The van der Waals surface area contributed by atoms with Crippen molar-refractivity contribution in [3.05, 3.63) is 70.0 Å². The van der Waals surface area contributed by atoms with E-state index >= 15 is 0 Å². The highest BCUT2D eigenvalue weighted by Crippen LogP contribution is 2.16. The van der Waals surface area contributed by atoms with Crippen LogP contribution in [0.5, 0.6) is 0 Å². The standard InChI is InChI=1S/C21H25N5OS/c1-4-15-5-9-17(10-6-15)19-23-21(28)26(24-19)14-25(3)13-16-7-11-18(12-8-16)20(27)22-2/h5-12H,4,13-14H2,1-3H3,(H,22,27)(H,23,24,28). The van der Waals surface area contributed by atoms with Gasteiger partial charge in [0.15, 0.2) is 5.82 Å². The highest BCUT2D eigenvalue weighted by molar-refractivity contribution is 7.71. The number of aromatic nitrogens is 3. The van der Waals surface area contributed by atoms with E-state index in [-0.39, 0.29) is 5.91 Å². The first kappa shape index (κ1) is 20.0. The van der Waals surface area contributed by atoms with Gasteiger partial charge in [0.1, 0.15) is 0 Å². The van der Waals surface area contributed by atoms with Crippen LogP contribution in [0.15, 0.2) is 48.5 Å². The first-order valence-corrected chi connectivity index (χ1v) is 9.66. The van der Waals surface area contributed by atoms with E-state index in [1.165, 1.54) is 5.56 Å². The third kappa shape index (κ3) is 4.74. The predicted molar refractivity (Wildman–Crippen MR) is 114 cm³/mol. The molecule has 0 spiro atoms. The van der Waals surface area contributed by atoms with Crippen molar-refractivity contribution in [3.8, 4) is 11.4 Å². The number of aryl methyl sites for hydroxylation is 1. The zero-order valence-electron chi connectivity index (χ0n) is 16.4. The van der Waals surface area contributed by atoms with Gasteiger partial charge in [-0.15, -0.1) is 0 Å². The molecule has 0 aliphatic carbocycles. The maximum Gasteiger partial charge on any atom is 0.251 e. The highest BCUT2D eigenvalue weighted by atomic mass is 32.1. The van der Waals surface area contributed by atoms with E-state index in [4.69, 9.17) is 12.2 Å². The molecule has 28 heavy (non-hydrogen) atoms. The van der Waals surface area contributed by atoms with E-state index < -0.39 is 0 Å². The summed E-state index contributed by atoms with van der Waals surface area (Å²) in [6, 6.07) is 16.0. The third-order valence-corrected chi connectivity index (χ3v) is 4.91. The molecule has 1 amide bonds. The van der Waals surface area contributed by atoms with E-state index in [1.807, 2.05) is 36.0 Å². The molecule has 1 heterocycles. The molecule has 0 saturated heterocycles. The molecule has 2 aromatic carbocycles. The molecule has 0 fully saturated rings. The van der Waals surface area contributed by atoms with Gasteiger partial charge in [-0.05, 0) is 48.9 Å². The van der Waals surface area contributed by atoms with Crippen molar-refractivity contribution in [3.63, 3.8) is 0 Å². The minimum atomic E-state index is -0.0804. The summed E-state index contributed by atoms with van der Waals surface area (Å²) in [7, 11) is 3.65. The number of carbonyl (C=O) groups is 1. The molecule has 1 aromatic heterocycles. The number of aromatic amines is 1. The minimum absolute atomic E-state index is 0.0804. The zero-order chi connectivity index (χ0) is 20.1. The lowest BCUT2D eigenvalue weighted by Crippen LogP contribution is -2.22. The molecule has 3 aromatic rings. The van der Waals surface area contributed by atoms with Crippen molar-refractivity contribution in [2.45, 2.75) is 26.6 Å². The lowest BCUT2D eigenvalue weighted by Gasteiger charge is -2.17. The van der Waals surface area contributed by atoms with Gasteiger partial charge < -0.3 is 5.32 Å². The normalized spacial score (nSPS) is 11.0. The van der Waals surface area contributed by atoms with Gasteiger partial charge in [0, 0.05) is 24.7 Å². The average Bonchev–Trinajstić information content (AvgIpc) is 3.08. The van der Waals surface area contributed by atoms with Crippen LogP contribution in [0, 0.1) is 4.77 Å². The van der Waals surface area contributed by atoms with Crippen molar-refractivity contribution >= 4 is 18.1 Å². The van der Waals surface area contributed by atoms with Gasteiger partial charge in [-0.1, -0.05) is 43.3 Å². The number of hydrogen-bond acceptors (Lipinski definition) is 4. The van der Waals surface area contributed by atoms with Crippen LogP contribution >= 0.6 is 12.2 Å². The van der Waals surface area contributed by atoms with Crippen molar-refractivity contribution in [1.82, 2.24) is 25.0 Å².